The lowest BCUT2D eigenvalue weighted by Gasteiger charge is -2.35. The van der Waals surface area contributed by atoms with E-state index in [9.17, 15) is 21.6 Å². The van der Waals surface area contributed by atoms with Crippen molar-refractivity contribution in [1.29, 1.82) is 0 Å². The van der Waals surface area contributed by atoms with Crippen LogP contribution in [-0.2, 0) is 29.6 Å². The average Bonchev–Trinajstić information content (AvgIpc) is 2.99. The molecule has 2 aliphatic heterocycles. The molecule has 11 nitrogen and oxygen atoms in total. The summed E-state index contributed by atoms with van der Waals surface area (Å²) in [6, 6.07) is 19.3. The molecule has 3 aromatic carbocycles. The van der Waals surface area contributed by atoms with Gasteiger partial charge >= 0.3 is 0 Å². The van der Waals surface area contributed by atoms with E-state index in [0.717, 1.165) is 5.56 Å². The molecule has 1 atom stereocenters. The number of benzene rings is 3. The molecule has 0 spiro atoms. The van der Waals surface area contributed by atoms with Crippen LogP contribution >= 0.6 is 0 Å². The van der Waals surface area contributed by atoms with Crippen molar-refractivity contribution in [3.05, 3.63) is 78.4 Å². The van der Waals surface area contributed by atoms with Crippen LogP contribution in [0.3, 0.4) is 0 Å². The molecular weight excluding hydrogens is 570 g/mol. The van der Waals surface area contributed by atoms with Gasteiger partial charge in [0.1, 0.15) is 18.1 Å². The van der Waals surface area contributed by atoms with Gasteiger partial charge in [0.25, 0.3) is 15.9 Å². The van der Waals surface area contributed by atoms with Gasteiger partial charge < -0.3 is 19.5 Å². The molecule has 1 saturated heterocycles. The molecule has 41 heavy (non-hydrogen) atoms. The smallest absolute Gasteiger partial charge is 0.264 e. The fourth-order valence-corrected chi connectivity index (χ4v) is 7.44. The zero-order chi connectivity index (χ0) is 29.0. The van der Waals surface area contributed by atoms with Gasteiger partial charge in [0, 0.05) is 13.1 Å². The second kappa shape index (κ2) is 12.1. The summed E-state index contributed by atoms with van der Waals surface area (Å²) in [5.41, 5.74) is 1.23. The Balaban J connectivity index is 1.19. The summed E-state index contributed by atoms with van der Waals surface area (Å²) in [7, 11) is -7.55. The first kappa shape index (κ1) is 28.9. The number of amides is 1. The highest BCUT2D eigenvalue weighted by atomic mass is 32.2. The Bertz CT molecular complexity index is 1590. The standard InChI is InChI=1S/C28H31N3O8S2/c1-21-7-12-26-25(19-21)31(41(35,36)23-5-3-2-4-6-23)20-27(39-26)28(32)29-13-16-38-22-8-10-24(11-9-22)40(33,34)30-14-17-37-18-15-30/h2-12,19,27H,13-18,20H2,1H3,(H,29,32). The van der Waals surface area contributed by atoms with Crippen LogP contribution in [0.15, 0.2) is 82.6 Å². The van der Waals surface area contributed by atoms with Crippen LogP contribution in [0.2, 0.25) is 0 Å². The molecule has 218 valence electrons. The third kappa shape index (κ3) is 6.32. The van der Waals surface area contributed by atoms with Crippen molar-refractivity contribution < 1.29 is 35.8 Å². The number of nitrogens with one attached hydrogen (secondary N) is 1. The molecule has 1 fully saturated rings. The quantitative estimate of drug-likeness (QED) is 0.369. The fourth-order valence-electron chi connectivity index (χ4n) is 4.55. The van der Waals surface area contributed by atoms with Gasteiger partial charge in [-0.3, -0.25) is 9.10 Å². The predicted molar refractivity (Wildman–Crippen MR) is 151 cm³/mol. The number of fused-ring (bicyclic) bond motifs is 1. The largest absolute Gasteiger partial charge is 0.492 e. The first-order chi connectivity index (χ1) is 19.7. The van der Waals surface area contributed by atoms with Crippen molar-refractivity contribution in [2.75, 3.05) is 50.3 Å². The van der Waals surface area contributed by atoms with Crippen LogP contribution in [0.4, 0.5) is 5.69 Å². The Kier molecular flexibility index (Phi) is 8.50. The number of nitrogens with zero attached hydrogens (tertiary/aromatic N) is 2. The molecule has 2 aliphatic rings. The maximum absolute atomic E-state index is 13.5. The van der Waals surface area contributed by atoms with Gasteiger partial charge in [0.15, 0.2) is 6.10 Å². The summed E-state index contributed by atoms with van der Waals surface area (Å²) in [5.74, 6) is 0.253. The van der Waals surface area contributed by atoms with Gasteiger partial charge in [-0.2, -0.15) is 4.31 Å². The minimum Gasteiger partial charge on any atom is -0.492 e. The number of aryl methyl sites for hydroxylation is 1. The molecule has 13 heteroatoms. The van der Waals surface area contributed by atoms with Gasteiger partial charge in [-0.1, -0.05) is 24.3 Å². The normalized spacial score (nSPS) is 17.8. The van der Waals surface area contributed by atoms with E-state index in [1.165, 1.54) is 32.9 Å². The third-order valence-corrected chi connectivity index (χ3v) is 10.4. The Hall–Kier alpha value is -3.65. The van der Waals surface area contributed by atoms with Gasteiger partial charge in [0.05, 0.1) is 41.8 Å². The molecular formula is C28H31N3O8S2. The molecule has 0 saturated carbocycles. The summed E-state index contributed by atoms with van der Waals surface area (Å²) < 4.78 is 71.9. The predicted octanol–water partition coefficient (Wildman–Crippen LogP) is 2.17. The highest BCUT2D eigenvalue weighted by Crippen LogP contribution is 2.37. The van der Waals surface area contributed by atoms with E-state index in [4.69, 9.17) is 14.2 Å². The van der Waals surface area contributed by atoms with E-state index in [-0.39, 0.29) is 29.5 Å². The SMILES string of the molecule is Cc1ccc2c(c1)N(S(=O)(=O)c1ccccc1)CC(C(=O)NCCOc1ccc(S(=O)(=O)N3CCOCC3)cc1)O2. The lowest BCUT2D eigenvalue weighted by molar-refractivity contribution is -0.127. The minimum absolute atomic E-state index is 0.107. The molecule has 1 unspecified atom stereocenters. The maximum atomic E-state index is 13.5. The third-order valence-electron chi connectivity index (χ3n) is 6.71. The number of sulfonamides is 2. The van der Waals surface area contributed by atoms with E-state index in [1.807, 2.05) is 6.92 Å². The Morgan fingerprint density at radius 2 is 1.61 bits per heavy atom. The van der Waals surface area contributed by atoms with Crippen molar-refractivity contribution in [2.24, 2.45) is 0 Å². The number of carbonyl (C=O) groups is 1. The fraction of sp³-hybridized carbons (Fsp3) is 0.321. The number of ether oxygens (including phenoxy) is 3. The summed E-state index contributed by atoms with van der Waals surface area (Å²) in [6.07, 6.45) is -1.08. The Morgan fingerprint density at radius 3 is 2.32 bits per heavy atom. The zero-order valence-electron chi connectivity index (χ0n) is 22.4. The van der Waals surface area contributed by atoms with Gasteiger partial charge in [-0.25, -0.2) is 16.8 Å². The van der Waals surface area contributed by atoms with Crippen molar-refractivity contribution in [1.82, 2.24) is 9.62 Å². The second-order valence-electron chi connectivity index (χ2n) is 9.55. The number of morpholine rings is 1. The lowest BCUT2D eigenvalue weighted by Crippen LogP contribution is -2.51. The van der Waals surface area contributed by atoms with E-state index in [0.29, 0.717) is 43.5 Å². The van der Waals surface area contributed by atoms with Crippen molar-refractivity contribution >= 4 is 31.6 Å². The van der Waals surface area contributed by atoms with Crippen molar-refractivity contribution in [3.63, 3.8) is 0 Å². The molecule has 0 aliphatic carbocycles. The zero-order valence-corrected chi connectivity index (χ0v) is 24.1. The number of anilines is 1. The first-order valence-electron chi connectivity index (χ1n) is 13.1. The van der Waals surface area contributed by atoms with Crippen molar-refractivity contribution in [2.45, 2.75) is 22.8 Å². The van der Waals surface area contributed by atoms with Crippen molar-refractivity contribution in [3.8, 4) is 11.5 Å². The van der Waals surface area contributed by atoms with E-state index < -0.39 is 32.1 Å². The summed E-state index contributed by atoms with van der Waals surface area (Å²) in [6.45, 7) is 3.24. The Labute approximate surface area is 239 Å². The first-order valence-corrected chi connectivity index (χ1v) is 16.0. The molecule has 2 heterocycles. The number of hydrogen-bond donors (Lipinski definition) is 1. The van der Waals surface area contributed by atoms with E-state index >= 15 is 0 Å². The van der Waals surface area contributed by atoms with Crippen LogP contribution in [0, 0.1) is 6.92 Å². The van der Waals surface area contributed by atoms with E-state index in [1.54, 1.807) is 48.5 Å². The molecule has 1 N–H and O–H groups in total. The molecule has 1 amide bonds. The average molecular weight is 602 g/mol. The number of carbonyl (C=O) groups excluding carboxylic acids is 1. The summed E-state index contributed by atoms with van der Waals surface area (Å²) in [4.78, 5) is 13.3. The Morgan fingerprint density at radius 1 is 0.927 bits per heavy atom. The molecule has 0 aromatic heterocycles. The van der Waals surface area contributed by atoms with Crippen LogP contribution < -0.4 is 19.1 Å². The monoisotopic (exact) mass is 601 g/mol. The molecule has 5 rings (SSSR count). The highest BCUT2D eigenvalue weighted by Gasteiger charge is 2.37. The maximum Gasteiger partial charge on any atom is 0.264 e. The van der Waals surface area contributed by atoms with Gasteiger partial charge in [-0.05, 0) is 61.0 Å². The summed E-state index contributed by atoms with van der Waals surface area (Å²) in [5, 5.41) is 2.73. The van der Waals surface area contributed by atoms with Crippen LogP contribution in [0.1, 0.15) is 5.56 Å². The van der Waals surface area contributed by atoms with Gasteiger partial charge in [0.2, 0.25) is 10.0 Å². The topological polar surface area (TPSA) is 132 Å². The van der Waals surface area contributed by atoms with Crippen LogP contribution in [-0.4, -0.2) is 79.2 Å². The minimum atomic E-state index is -3.94. The lowest BCUT2D eigenvalue weighted by atomic mass is 10.1. The van der Waals surface area contributed by atoms with E-state index in [2.05, 4.69) is 5.32 Å². The molecule has 3 aromatic rings. The van der Waals surface area contributed by atoms with Crippen LogP contribution in [0.25, 0.3) is 0 Å². The van der Waals surface area contributed by atoms with Crippen LogP contribution in [0.5, 0.6) is 11.5 Å². The number of hydrogen-bond acceptors (Lipinski definition) is 8. The number of rotatable bonds is 9. The summed E-state index contributed by atoms with van der Waals surface area (Å²) >= 11 is 0. The molecule has 0 radical (unpaired) electrons. The van der Waals surface area contributed by atoms with Gasteiger partial charge in [-0.15, -0.1) is 0 Å². The molecule has 0 bridgehead atoms. The highest BCUT2D eigenvalue weighted by molar-refractivity contribution is 7.92. The second-order valence-corrected chi connectivity index (χ2v) is 13.4.